The molecule has 0 atom stereocenters. The van der Waals surface area contributed by atoms with Crippen LogP contribution < -0.4 is 10.1 Å². The molecule has 0 fully saturated rings. The van der Waals surface area contributed by atoms with Crippen LogP contribution >= 0.6 is 0 Å². The van der Waals surface area contributed by atoms with Crippen molar-refractivity contribution in [1.82, 2.24) is 0 Å². The van der Waals surface area contributed by atoms with E-state index < -0.39 is 11.7 Å². The molecule has 0 bridgehead atoms. The second kappa shape index (κ2) is 5.41. The maximum atomic E-state index is 11.7. The number of hydrogen-bond donors (Lipinski definition) is 1. The minimum Gasteiger partial charge on any atom is -0.497 e. The largest absolute Gasteiger partial charge is 0.497 e. The molecule has 0 aliphatic carbocycles. The summed E-state index contributed by atoms with van der Waals surface area (Å²) in [7, 11) is 1.63. The summed E-state index contributed by atoms with van der Waals surface area (Å²) in [5, 5.41) is 4.81. The molecule has 0 aliphatic rings. The van der Waals surface area contributed by atoms with Crippen LogP contribution in [0, 0.1) is 0 Å². The van der Waals surface area contributed by atoms with Gasteiger partial charge in [-0.1, -0.05) is 12.1 Å². The van der Waals surface area contributed by atoms with Crippen LogP contribution in [0.3, 0.4) is 0 Å². The van der Waals surface area contributed by atoms with Gasteiger partial charge in [0.15, 0.2) is 0 Å². The molecule has 0 aromatic heterocycles. The maximum absolute atomic E-state index is 11.7. The van der Waals surface area contributed by atoms with Gasteiger partial charge in [0.2, 0.25) is 0 Å². The van der Waals surface area contributed by atoms with Gasteiger partial charge in [-0.05, 0) is 55.8 Å². The summed E-state index contributed by atoms with van der Waals surface area (Å²) in [6.07, 6.45) is -0.459. The molecule has 0 heterocycles. The van der Waals surface area contributed by atoms with Gasteiger partial charge in [-0.3, -0.25) is 5.32 Å². The normalized spacial score (nSPS) is 11.2. The lowest BCUT2D eigenvalue weighted by molar-refractivity contribution is 0.0636. The van der Waals surface area contributed by atoms with Crippen molar-refractivity contribution >= 4 is 22.6 Å². The van der Waals surface area contributed by atoms with Crippen molar-refractivity contribution in [2.45, 2.75) is 26.4 Å². The number of methoxy groups -OCH3 is 1. The predicted octanol–water partition coefficient (Wildman–Crippen LogP) is 4.20. The van der Waals surface area contributed by atoms with E-state index in [0.717, 1.165) is 16.5 Å². The molecule has 20 heavy (non-hydrogen) atoms. The summed E-state index contributed by atoms with van der Waals surface area (Å²) in [5.41, 5.74) is 0.185. The molecule has 0 aliphatic heterocycles. The molecule has 106 valence electrons. The van der Waals surface area contributed by atoms with Crippen molar-refractivity contribution in [2.75, 3.05) is 12.4 Å². The zero-order valence-electron chi connectivity index (χ0n) is 12.2. The predicted molar refractivity (Wildman–Crippen MR) is 80.4 cm³/mol. The van der Waals surface area contributed by atoms with E-state index in [4.69, 9.17) is 9.47 Å². The first-order chi connectivity index (χ1) is 9.37. The summed E-state index contributed by atoms with van der Waals surface area (Å²) >= 11 is 0. The number of carbonyl (C=O) groups is 1. The summed E-state index contributed by atoms with van der Waals surface area (Å²) in [6, 6.07) is 11.5. The quantitative estimate of drug-likeness (QED) is 0.892. The molecular weight excluding hydrogens is 254 g/mol. The third-order valence-corrected chi connectivity index (χ3v) is 2.69. The van der Waals surface area contributed by atoms with Crippen LogP contribution in [0.25, 0.3) is 10.8 Å². The van der Waals surface area contributed by atoms with E-state index in [1.807, 2.05) is 57.2 Å². The minimum atomic E-state index is -0.510. The zero-order valence-corrected chi connectivity index (χ0v) is 12.2. The van der Waals surface area contributed by atoms with Gasteiger partial charge >= 0.3 is 6.09 Å². The van der Waals surface area contributed by atoms with Crippen LogP contribution in [0.4, 0.5) is 10.5 Å². The topological polar surface area (TPSA) is 47.6 Å². The van der Waals surface area contributed by atoms with Gasteiger partial charge in [0.25, 0.3) is 0 Å². The van der Waals surface area contributed by atoms with Gasteiger partial charge in [0.1, 0.15) is 11.4 Å². The lowest BCUT2D eigenvalue weighted by atomic mass is 10.1. The second-order valence-corrected chi connectivity index (χ2v) is 5.55. The molecule has 0 unspecified atom stereocenters. The molecule has 1 N–H and O–H groups in total. The van der Waals surface area contributed by atoms with Gasteiger partial charge in [-0.15, -0.1) is 0 Å². The highest BCUT2D eigenvalue weighted by Gasteiger charge is 2.16. The number of benzene rings is 2. The van der Waals surface area contributed by atoms with Crippen LogP contribution in [-0.4, -0.2) is 18.8 Å². The highest BCUT2D eigenvalue weighted by atomic mass is 16.6. The van der Waals surface area contributed by atoms with Crippen molar-refractivity contribution in [1.29, 1.82) is 0 Å². The van der Waals surface area contributed by atoms with E-state index in [-0.39, 0.29) is 0 Å². The molecule has 2 aromatic carbocycles. The summed E-state index contributed by atoms with van der Waals surface area (Å²) < 4.78 is 10.4. The van der Waals surface area contributed by atoms with Crippen molar-refractivity contribution in [2.24, 2.45) is 0 Å². The Morgan fingerprint density at radius 1 is 1.05 bits per heavy atom. The molecule has 4 nitrogen and oxygen atoms in total. The third-order valence-electron chi connectivity index (χ3n) is 2.69. The zero-order chi connectivity index (χ0) is 14.8. The van der Waals surface area contributed by atoms with Crippen molar-refractivity contribution in [3.8, 4) is 5.75 Å². The Morgan fingerprint density at radius 2 is 1.75 bits per heavy atom. The molecule has 1 amide bonds. The first-order valence-electron chi connectivity index (χ1n) is 6.45. The van der Waals surface area contributed by atoms with E-state index in [2.05, 4.69) is 5.32 Å². The van der Waals surface area contributed by atoms with Crippen LogP contribution in [0.15, 0.2) is 36.4 Å². The lowest BCUT2D eigenvalue weighted by Gasteiger charge is -2.19. The van der Waals surface area contributed by atoms with Gasteiger partial charge in [0.05, 0.1) is 7.11 Å². The van der Waals surface area contributed by atoms with Crippen LogP contribution in [-0.2, 0) is 4.74 Å². The number of fused-ring (bicyclic) bond motifs is 1. The van der Waals surface area contributed by atoms with Gasteiger partial charge < -0.3 is 9.47 Å². The number of ether oxygens (including phenoxy) is 2. The van der Waals surface area contributed by atoms with Crippen molar-refractivity contribution < 1.29 is 14.3 Å². The van der Waals surface area contributed by atoms with Crippen molar-refractivity contribution in [3.05, 3.63) is 36.4 Å². The van der Waals surface area contributed by atoms with E-state index in [1.165, 1.54) is 0 Å². The maximum Gasteiger partial charge on any atom is 0.412 e. The summed E-state index contributed by atoms with van der Waals surface area (Å²) in [4.78, 5) is 11.7. The Hall–Kier alpha value is -2.23. The average Bonchev–Trinajstić information content (AvgIpc) is 2.35. The Kier molecular flexibility index (Phi) is 3.84. The standard InChI is InChI=1S/C16H19NO3/c1-16(2,3)20-15(18)17-13-7-5-11-6-8-14(19-4)10-12(11)9-13/h5-10H,1-4H3,(H,17,18). The number of nitrogens with one attached hydrogen (secondary N) is 1. The van der Waals surface area contributed by atoms with E-state index in [9.17, 15) is 4.79 Å². The molecule has 0 saturated carbocycles. The Labute approximate surface area is 118 Å². The lowest BCUT2D eigenvalue weighted by Crippen LogP contribution is -2.27. The molecule has 2 rings (SSSR count). The Morgan fingerprint density at radius 3 is 2.40 bits per heavy atom. The van der Waals surface area contributed by atoms with E-state index in [0.29, 0.717) is 5.69 Å². The molecule has 0 saturated heterocycles. The first-order valence-corrected chi connectivity index (χ1v) is 6.45. The second-order valence-electron chi connectivity index (χ2n) is 5.55. The fourth-order valence-corrected chi connectivity index (χ4v) is 1.85. The SMILES string of the molecule is COc1ccc2ccc(NC(=O)OC(C)(C)C)cc2c1. The molecular formula is C16H19NO3. The van der Waals surface area contributed by atoms with Gasteiger partial charge in [0, 0.05) is 5.69 Å². The fourth-order valence-electron chi connectivity index (χ4n) is 1.85. The van der Waals surface area contributed by atoms with Crippen LogP contribution in [0.2, 0.25) is 0 Å². The number of carbonyl (C=O) groups excluding carboxylic acids is 1. The third kappa shape index (κ3) is 3.63. The Bertz CT molecular complexity index is 629. The molecule has 0 spiro atoms. The summed E-state index contributed by atoms with van der Waals surface area (Å²) in [5.74, 6) is 0.784. The fraction of sp³-hybridized carbons (Fsp3) is 0.312. The van der Waals surface area contributed by atoms with E-state index >= 15 is 0 Å². The highest BCUT2D eigenvalue weighted by Crippen LogP contribution is 2.24. The van der Waals surface area contributed by atoms with E-state index in [1.54, 1.807) is 7.11 Å². The highest BCUT2D eigenvalue weighted by molar-refractivity contribution is 5.91. The number of rotatable bonds is 2. The van der Waals surface area contributed by atoms with Gasteiger partial charge in [-0.25, -0.2) is 4.79 Å². The summed E-state index contributed by atoms with van der Waals surface area (Å²) in [6.45, 7) is 5.49. The number of anilines is 1. The molecule has 2 aromatic rings. The monoisotopic (exact) mass is 273 g/mol. The first kappa shape index (κ1) is 14.2. The average molecular weight is 273 g/mol. The molecule has 4 heteroatoms. The van der Waals surface area contributed by atoms with Crippen molar-refractivity contribution in [3.63, 3.8) is 0 Å². The Balaban J connectivity index is 2.20. The van der Waals surface area contributed by atoms with Crippen LogP contribution in [0.5, 0.6) is 5.75 Å². The smallest absolute Gasteiger partial charge is 0.412 e. The van der Waals surface area contributed by atoms with Gasteiger partial charge in [-0.2, -0.15) is 0 Å². The number of amides is 1. The van der Waals surface area contributed by atoms with Crippen LogP contribution in [0.1, 0.15) is 20.8 Å². The number of hydrogen-bond acceptors (Lipinski definition) is 3. The minimum absolute atomic E-state index is 0.459. The molecule has 0 radical (unpaired) electrons.